The van der Waals surface area contributed by atoms with Crippen LogP contribution in [0.2, 0.25) is 0 Å². The minimum Gasteiger partial charge on any atom is -0.469 e. The van der Waals surface area contributed by atoms with Gasteiger partial charge in [0.1, 0.15) is 5.76 Å². The second-order valence-corrected chi connectivity index (χ2v) is 4.34. The lowest BCUT2D eigenvalue weighted by Gasteiger charge is -2.27. The molecule has 1 atom stereocenters. The second-order valence-electron chi connectivity index (χ2n) is 4.34. The van der Waals surface area contributed by atoms with Crippen LogP contribution < -0.4 is 5.73 Å². The van der Waals surface area contributed by atoms with Gasteiger partial charge in [-0.2, -0.15) is 0 Å². The van der Waals surface area contributed by atoms with E-state index in [1.807, 2.05) is 12.1 Å². The Bertz CT molecular complexity index is 241. The van der Waals surface area contributed by atoms with Crippen LogP contribution in [-0.2, 0) is 5.41 Å². The summed E-state index contributed by atoms with van der Waals surface area (Å²) in [4.78, 5) is 0. The molecule has 0 fully saturated rings. The van der Waals surface area contributed by atoms with Gasteiger partial charge in [0.2, 0.25) is 0 Å². The molecule has 1 unspecified atom stereocenters. The Morgan fingerprint density at radius 2 is 2.23 bits per heavy atom. The summed E-state index contributed by atoms with van der Waals surface area (Å²) in [5.41, 5.74) is 5.78. The third kappa shape index (κ3) is 2.34. The highest BCUT2D eigenvalue weighted by Gasteiger charge is 2.28. The molecule has 1 rings (SSSR count). The van der Waals surface area contributed by atoms with Crippen molar-refractivity contribution in [3.63, 3.8) is 0 Å². The highest BCUT2D eigenvalue weighted by molar-refractivity contribution is 5.13. The molecular formula is C11H19NO. The zero-order valence-corrected chi connectivity index (χ0v) is 8.71. The first-order valence-electron chi connectivity index (χ1n) is 4.82. The molecule has 0 aliphatic heterocycles. The van der Waals surface area contributed by atoms with Crippen LogP contribution in [0, 0.1) is 5.92 Å². The maximum absolute atomic E-state index is 5.79. The normalized spacial score (nSPS) is 16.1. The van der Waals surface area contributed by atoms with Crippen LogP contribution in [0.25, 0.3) is 0 Å². The van der Waals surface area contributed by atoms with E-state index >= 15 is 0 Å². The minimum absolute atomic E-state index is 0.00231. The maximum atomic E-state index is 5.79. The zero-order valence-electron chi connectivity index (χ0n) is 8.71. The lowest BCUT2D eigenvalue weighted by atomic mass is 9.80. The number of rotatable bonds is 4. The van der Waals surface area contributed by atoms with Gasteiger partial charge in [-0.15, -0.1) is 0 Å². The van der Waals surface area contributed by atoms with E-state index in [0.717, 1.165) is 12.2 Å². The van der Waals surface area contributed by atoms with Crippen molar-refractivity contribution >= 4 is 0 Å². The minimum atomic E-state index is -0.00231. The zero-order chi connectivity index (χ0) is 9.90. The van der Waals surface area contributed by atoms with Gasteiger partial charge >= 0.3 is 0 Å². The largest absolute Gasteiger partial charge is 0.469 e. The molecule has 0 aliphatic rings. The average molecular weight is 181 g/mol. The summed E-state index contributed by atoms with van der Waals surface area (Å²) < 4.78 is 5.41. The van der Waals surface area contributed by atoms with Gasteiger partial charge in [0.15, 0.2) is 0 Å². The molecule has 0 saturated heterocycles. The summed E-state index contributed by atoms with van der Waals surface area (Å²) in [6.07, 6.45) is 2.78. The Morgan fingerprint density at radius 1 is 1.54 bits per heavy atom. The summed E-state index contributed by atoms with van der Waals surface area (Å²) in [5.74, 6) is 1.64. The van der Waals surface area contributed by atoms with Crippen molar-refractivity contribution in [3.05, 3.63) is 24.2 Å². The molecule has 1 heterocycles. The number of furan rings is 1. The topological polar surface area (TPSA) is 39.2 Å². The molecule has 0 aromatic carbocycles. The third-order valence-corrected chi connectivity index (χ3v) is 2.43. The van der Waals surface area contributed by atoms with Crippen molar-refractivity contribution in [2.45, 2.75) is 32.6 Å². The fourth-order valence-electron chi connectivity index (χ4n) is 1.81. The van der Waals surface area contributed by atoms with E-state index in [2.05, 4.69) is 20.8 Å². The molecule has 1 aromatic rings. The lowest BCUT2D eigenvalue weighted by Crippen LogP contribution is -2.32. The predicted molar refractivity (Wildman–Crippen MR) is 54.6 cm³/mol. The molecule has 0 saturated carbocycles. The van der Waals surface area contributed by atoms with Crippen LogP contribution in [-0.4, -0.2) is 6.54 Å². The lowest BCUT2D eigenvalue weighted by molar-refractivity contribution is 0.310. The summed E-state index contributed by atoms with van der Waals surface area (Å²) in [5, 5.41) is 0. The number of hydrogen-bond acceptors (Lipinski definition) is 2. The van der Waals surface area contributed by atoms with Gasteiger partial charge in [0, 0.05) is 12.0 Å². The highest BCUT2D eigenvalue weighted by Crippen LogP contribution is 2.30. The van der Waals surface area contributed by atoms with Crippen LogP contribution in [0.15, 0.2) is 22.8 Å². The standard InChI is InChI=1S/C11H19NO/c1-9(2)7-11(3,8-12)10-5-4-6-13-10/h4-6,9H,7-8,12H2,1-3H3. The van der Waals surface area contributed by atoms with Crippen molar-refractivity contribution in [2.75, 3.05) is 6.54 Å². The first-order valence-corrected chi connectivity index (χ1v) is 4.82. The monoisotopic (exact) mass is 181 g/mol. The van der Waals surface area contributed by atoms with Gasteiger partial charge in [-0.25, -0.2) is 0 Å². The van der Waals surface area contributed by atoms with Gasteiger partial charge in [-0.05, 0) is 24.5 Å². The molecule has 0 radical (unpaired) electrons. The van der Waals surface area contributed by atoms with Crippen molar-refractivity contribution in [2.24, 2.45) is 11.7 Å². The predicted octanol–water partition coefficient (Wildman–Crippen LogP) is 2.54. The fourth-order valence-corrected chi connectivity index (χ4v) is 1.81. The van der Waals surface area contributed by atoms with Gasteiger partial charge in [0.05, 0.1) is 6.26 Å². The molecule has 0 spiro atoms. The van der Waals surface area contributed by atoms with Crippen molar-refractivity contribution in [1.82, 2.24) is 0 Å². The summed E-state index contributed by atoms with van der Waals surface area (Å²) in [6, 6.07) is 3.93. The van der Waals surface area contributed by atoms with Crippen LogP contribution in [0.1, 0.15) is 33.0 Å². The van der Waals surface area contributed by atoms with E-state index in [1.54, 1.807) is 6.26 Å². The SMILES string of the molecule is CC(C)CC(C)(CN)c1ccco1. The second kappa shape index (κ2) is 3.97. The Kier molecular flexibility index (Phi) is 3.15. The van der Waals surface area contributed by atoms with Crippen molar-refractivity contribution < 1.29 is 4.42 Å². The average Bonchev–Trinajstić information content (AvgIpc) is 2.55. The quantitative estimate of drug-likeness (QED) is 0.775. The van der Waals surface area contributed by atoms with Crippen molar-refractivity contribution in [1.29, 1.82) is 0 Å². The fraction of sp³-hybridized carbons (Fsp3) is 0.636. The molecule has 74 valence electrons. The molecule has 2 N–H and O–H groups in total. The van der Waals surface area contributed by atoms with Gasteiger partial charge < -0.3 is 10.2 Å². The van der Waals surface area contributed by atoms with Crippen molar-refractivity contribution in [3.8, 4) is 0 Å². The van der Waals surface area contributed by atoms with E-state index in [4.69, 9.17) is 10.2 Å². The molecule has 2 heteroatoms. The van der Waals surface area contributed by atoms with Crippen LogP contribution >= 0.6 is 0 Å². The highest BCUT2D eigenvalue weighted by atomic mass is 16.3. The molecule has 13 heavy (non-hydrogen) atoms. The van der Waals surface area contributed by atoms with E-state index < -0.39 is 0 Å². The molecule has 0 bridgehead atoms. The molecular weight excluding hydrogens is 162 g/mol. The van der Waals surface area contributed by atoms with E-state index in [-0.39, 0.29) is 5.41 Å². The summed E-state index contributed by atoms with van der Waals surface area (Å²) in [7, 11) is 0. The molecule has 0 amide bonds. The Hall–Kier alpha value is -0.760. The Labute approximate surface area is 80.1 Å². The smallest absolute Gasteiger partial charge is 0.110 e. The van der Waals surface area contributed by atoms with Gasteiger partial charge in [-0.3, -0.25) is 0 Å². The van der Waals surface area contributed by atoms with Crippen LogP contribution in [0.5, 0.6) is 0 Å². The van der Waals surface area contributed by atoms with Crippen LogP contribution in [0.4, 0.5) is 0 Å². The Balaban J connectivity index is 2.81. The molecule has 2 nitrogen and oxygen atoms in total. The van der Waals surface area contributed by atoms with E-state index in [9.17, 15) is 0 Å². The first-order chi connectivity index (χ1) is 6.08. The summed E-state index contributed by atoms with van der Waals surface area (Å²) >= 11 is 0. The maximum Gasteiger partial charge on any atom is 0.110 e. The van der Waals surface area contributed by atoms with Crippen LogP contribution in [0.3, 0.4) is 0 Å². The van der Waals surface area contributed by atoms with E-state index in [1.165, 1.54) is 0 Å². The molecule has 1 aromatic heterocycles. The number of hydrogen-bond donors (Lipinski definition) is 1. The third-order valence-electron chi connectivity index (χ3n) is 2.43. The van der Waals surface area contributed by atoms with Gasteiger partial charge in [-0.1, -0.05) is 20.8 Å². The number of nitrogens with two attached hydrogens (primary N) is 1. The molecule has 0 aliphatic carbocycles. The summed E-state index contributed by atoms with van der Waals surface area (Å²) in [6.45, 7) is 7.21. The Morgan fingerprint density at radius 3 is 2.62 bits per heavy atom. The van der Waals surface area contributed by atoms with Gasteiger partial charge in [0.25, 0.3) is 0 Å². The van der Waals surface area contributed by atoms with E-state index in [0.29, 0.717) is 12.5 Å². The first kappa shape index (κ1) is 10.3.